The van der Waals surface area contributed by atoms with Crippen LogP contribution >= 0.6 is 0 Å². The second-order valence-electron chi connectivity index (χ2n) is 12.1. The number of unbranched alkanes of at least 4 members (excludes halogenated alkanes) is 1. The Morgan fingerprint density at radius 3 is 2.62 bits per heavy atom. The number of ether oxygens (including phenoxy) is 1. The van der Waals surface area contributed by atoms with Crippen molar-refractivity contribution in [3.05, 3.63) is 11.6 Å². The Labute approximate surface area is 181 Å². The van der Waals surface area contributed by atoms with Gasteiger partial charge in [-0.2, -0.15) is 0 Å². The number of hydrogen-bond acceptors (Lipinski definition) is 1. The summed E-state index contributed by atoms with van der Waals surface area (Å²) in [5.74, 6) is 4.79. The van der Waals surface area contributed by atoms with Gasteiger partial charge in [-0.15, -0.1) is 0 Å². The van der Waals surface area contributed by atoms with Crippen molar-refractivity contribution in [2.45, 2.75) is 118 Å². The fourth-order valence-electron chi connectivity index (χ4n) is 8.53. The summed E-state index contributed by atoms with van der Waals surface area (Å²) in [6.07, 6.45) is 20.3. The van der Waals surface area contributed by atoms with Crippen LogP contribution in [0.25, 0.3) is 0 Å². The first-order valence-corrected chi connectivity index (χ1v) is 13.2. The van der Waals surface area contributed by atoms with E-state index in [4.69, 9.17) is 4.74 Å². The van der Waals surface area contributed by atoms with E-state index in [0.717, 1.165) is 36.2 Å². The van der Waals surface area contributed by atoms with Crippen LogP contribution in [0.1, 0.15) is 112 Å². The summed E-state index contributed by atoms with van der Waals surface area (Å²) in [7, 11) is 0. The van der Waals surface area contributed by atoms with Crippen molar-refractivity contribution in [2.75, 3.05) is 6.61 Å². The Bertz CT molecular complexity index is 591. The van der Waals surface area contributed by atoms with Gasteiger partial charge in [0.2, 0.25) is 0 Å². The van der Waals surface area contributed by atoms with Crippen molar-refractivity contribution in [3.8, 4) is 0 Å². The summed E-state index contributed by atoms with van der Waals surface area (Å²) in [4.78, 5) is 0. The first-order valence-electron chi connectivity index (χ1n) is 13.2. The van der Waals surface area contributed by atoms with E-state index in [-0.39, 0.29) is 0 Å². The number of fused-ring (bicyclic) bond motifs is 5. The van der Waals surface area contributed by atoms with E-state index in [0.29, 0.717) is 16.9 Å². The van der Waals surface area contributed by atoms with E-state index in [1.807, 2.05) is 0 Å². The smallest absolute Gasteiger partial charge is 0.0612 e. The maximum absolute atomic E-state index is 6.03. The molecule has 1 nitrogen and oxygen atoms in total. The normalized spacial score (nSPS) is 44.2. The molecule has 0 aromatic carbocycles. The highest BCUT2D eigenvalue weighted by molar-refractivity contribution is 5.25. The van der Waals surface area contributed by atoms with Crippen LogP contribution < -0.4 is 0 Å². The van der Waals surface area contributed by atoms with Crippen LogP contribution in [0, 0.1) is 40.4 Å². The quantitative estimate of drug-likeness (QED) is 0.309. The average molecular weight is 401 g/mol. The summed E-state index contributed by atoms with van der Waals surface area (Å²) in [6, 6.07) is 0. The molecule has 0 radical (unpaired) electrons. The first kappa shape index (κ1) is 21.9. The molecule has 0 N–H and O–H groups in total. The van der Waals surface area contributed by atoms with Gasteiger partial charge in [-0.05, 0) is 105 Å². The van der Waals surface area contributed by atoms with Gasteiger partial charge in [-0.3, -0.25) is 0 Å². The van der Waals surface area contributed by atoms with Crippen LogP contribution in [-0.2, 0) is 4.74 Å². The van der Waals surface area contributed by atoms with Crippen LogP contribution in [0.2, 0.25) is 0 Å². The van der Waals surface area contributed by atoms with Gasteiger partial charge in [0.25, 0.3) is 0 Å². The SMILES string of the molecule is CCO[C@H]1CC[C@@]2(C)C(=CC[C@@H]3C2CC[C@@]2(C)C3CC[C@@H]2CCCCC(C)C)C1. The molecule has 4 aliphatic rings. The van der Waals surface area contributed by atoms with Gasteiger partial charge in [0.1, 0.15) is 0 Å². The van der Waals surface area contributed by atoms with Gasteiger partial charge < -0.3 is 4.74 Å². The summed E-state index contributed by atoms with van der Waals surface area (Å²) in [5, 5.41) is 0. The molecule has 0 aromatic heterocycles. The van der Waals surface area contributed by atoms with Crippen LogP contribution in [0.3, 0.4) is 0 Å². The van der Waals surface area contributed by atoms with Gasteiger partial charge in [-0.25, -0.2) is 0 Å². The lowest BCUT2D eigenvalue weighted by Gasteiger charge is -2.58. The molecule has 7 atom stereocenters. The molecule has 4 aliphatic carbocycles. The Morgan fingerprint density at radius 1 is 1.03 bits per heavy atom. The third-order valence-corrected chi connectivity index (χ3v) is 10.2. The average Bonchev–Trinajstić information content (AvgIpc) is 3.02. The van der Waals surface area contributed by atoms with Gasteiger partial charge in [-0.1, -0.05) is 58.6 Å². The van der Waals surface area contributed by atoms with Crippen molar-refractivity contribution in [1.82, 2.24) is 0 Å². The van der Waals surface area contributed by atoms with E-state index in [9.17, 15) is 0 Å². The van der Waals surface area contributed by atoms with E-state index in [2.05, 4.69) is 40.7 Å². The second kappa shape index (κ2) is 8.68. The fourth-order valence-corrected chi connectivity index (χ4v) is 8.53. The van der Waals surface area contributed by atoms with E-state index < -0.39 is 0 Å². The highest BCUT2D eigenvalue weighted by Gasteiger charge is 2.58. The predicted molar refractivity (Wildman–Crippen MR) is 124 cm³/mol. The molecule has 0 aromatic rings. The zero-order valence-corrected chi connectivity index (χ0v) is 20.1. The lowest BCUT2D eigenvalue weighted by atomic mass is 9.47. The standard InChI is InChI=1S/C28H48O/c1-6-29-23-15-17-28(5)22(19-23)11-13-24-25-14-12-21(10-8-7-9-20(2)3)27(25,4)18-16-26(24)28/h11,20-21,23-26H,6-10,12-19H2,1-5H3/t21-,23-,24-,25?,26?,27+,28-/m0/s1. The van der Waals surface area contributed by atoms with Gasteiger partial charge in [0, 0.05) is 6.61 Å². The third kappa shape index (κ3) is 3.99. The van der Waals surface area contributed by atoms with Crippen molar-refractivity contribution in [3.63, 3.8) is 0 Å². The molecule has 3 saturated carbocycles. The van der Waals surface area contributed by atoms with Crippen LogP contribution in [-0.4, -0.2) is 12.7 Å². The highest BCUT2D eigenvalue weighted by atomic mass is 16.5. The summed E-state index contributed by atoms with van der Waals surface area (Å²) < 4.78 is 6.03. The van der Waals surface area contributed by atoms with E-state index in [1.54, 1.807) is 5.57 Å². The molecular formula is C28H48O. The van der Waals surface area contributed by atoms with Crippen molar-refractivity contribution in [2.24, 2.45) is 40.4 Å². The third-order valence-electron chi connectivity index (χ3n) is 10.2. The fraction of sp³-hybridized carbons (Fsp3) is 0.929. The molecule has 0 heterocycles. The molecule has 4 rings (SSSR count). The minimum Gasteiger partial charge on any atom is -0.378 e. The van der Waals surface area contributed by atoms with E-state index in [1.165, 1.54) is 77.0 Å². The monoisotopic (exact) mass is 400 g/mol. The molecule has 0 spiro atoms. The number of hydrogen-bond donors (Lipinski definition) is 0. The summed E-state index contributed by atoms with van der Waals surface area (Å²) in [5.41, 5.74) is 2.89. The molecule has 166 valence electrons. The molecule has 1 heteroatoms. The Hall–Kier alpha value is -0.300. The van der Waals surface area contributed by atoms with E-state index >= 15 is 0 Å². The topological polar surface area (TPSA) is 9.23 Å². The molecule has 2 unspecified atom stereocenters. The van der Waals surface area contributed by atoms with Crippen LogP contribution in [0.5, 0.6) is 0 Å². The van der Waals surface area contributed by atoms with Gasteiger partial charge in [0.05, 0.1) is 6.10 Å². The maximum Gasteiger partial charge on any atom is 0.0612 e. The molecular weight excluding hydrogens is 352 g/mol. The zero-order valence-electron chi connectivity index (χ0n) is 20.1. The largest absolute Gasteiger partial charge is 0.378 e. The van der Waals surface area contributed by atoms with Crippen molar-refractivity contribution >= 4 is 0 Å². The molecule has 0 saturated heterocycles. The minimum atomic E-state index is 0.479. The lowest BCUT2D eigenvalue weighted by molar-refractivity contribution is -0.0577. The number of allylic oxidation sites excluding steroid dienone is 1. The molecule has 0 amide bonds. The lowest BCUT2D eigenvalue weighted by Crippen LogP contribution is -2.50. The Balaban J connectivity index is 1.44. The maximum atomic E-state index is 6.03. The molecule has 0 bridgehead atoms. The number of rotatable bonds is 7. The van der Waals surface area contributed by atoms with Crippen LogP contribution in [0.15, 0.2) is 11.6 Å². The molecule has 0 aliphatic heterocycles. The highest BCUT2D eigenvalue weighted by Crippen LogP contribution is 2.66. The molecule has 29 heavy (non-hydrogen) atoms. The second-order valence-corrected chi connectivity index (χ2v) is 12.1. The van der Waals surface area contributed by atoms with Crippen molar-refractivity contribution in [1.29, 1.82) is 0 Å². The van der Waals surface area contributed by atoms with Gasteiger partial charge >= 0.3 is 0 Å². The summed E-state index contributed by atoms with van der Waals surface area (Å²) in [6.45, 7) is 13.1. The Kier molecular flexibility index (Phi) is 6.56. The summed E-state index contributed by atoms with van der Waals surface area (Å²) >= 11 is 0. The Morgan fingerprint density at radius 2 is 1.86 bits per heavy atom. The predicted octanol–water partition coefficient (Wildman–Crippen LogP) is 8.19. The van der Waals surface area contributed by atoms with Crippen molar-refractivity contribution < 1.29 is 4.74 Å². The minimum absolute atomic E-state index is 0.479. The first-order chi connectivity index (χ1) is 13.9. The van der Waals surface area contributed by atoms with Gasteiger partial charge in [0.15, 0.2) is 0 Å². The zero-order chi connectivity index (χ0) is 20.6. The molecule has 3 fully saturated rings. The van der Waals surface area contributed by atoms with Crippen LogP contribution in [0.4, 0.5) is 0 Å².